The molecule has 1 aromatic carbocycles. The number of ether oxygens (including phenoxy) is 1. The second-order valence-electron chi connectivity index (χ2n) is 8.87. The summed E-state index contributed by atoms with van der Waals surface area (Å²) in [5, 5.41) is 0. The van der Waals surface area contributed by atoms with Crippen LogP contribution in [0.15, 0.2) is 18.2 Å². The number of unbranched alkanes of at least 4 members (excludes halogenated alkanes) is 8. The Bertz CT molecular complexity index is 519. The highest BCUT2D eigenvalue weighted by atomic mass is 19.1. The third kappa shape index (κ3) is 8.53. The minimum absolute atomic E-state index is 0.176. The van der Waals surface area contributed by atoms with Gasteiger partial charge in [0.25, 0.3) is 0 Å². The van der Waals surface area contributed by atoms with Gasteiger partial charge in [-0.2, -0.15) is 0 Å². The van der Waals surface area contributed by atoms with Gasteiger partial charge in [-0.3, -0.25) is 0 Å². The fourth-order valence-electron chi connectivity index (χ4n) is 4.58. The van der Waals surface area contributed by atoms with Crippen LogP contribution in [-0.2, 0) is 0 Å². The summed E-state index contributed by atoms with van der Waals surface area (Å²) in [6.07, 6.45) is 19.3. The second kappa shape index (κ2) is 14.0. The number of hydrogen-bond acceptors (Lipinski definition) is 1. The van der Waals surface area contributed by atoms with Crippen molar-refractivity contribution in [3.8, 4) is 5.75 Å². The van der Waals surface area contributed by atoms with Crippen LogP contribution >= 0.6 is 0 Å². The summed E-state index contributed by atoms with van der Waals surface area (Å²) in [4.78, 5) is 0. The summed E-state index contributed by atoms with van der Waals surface area (Å²) in [7, 11) is 0. The molecule has 160 valence electrons. The molecule has 1 aromatic rings. The lowest BCUT2D eigenvalue weighted by Gasteiger charge is -2.29. The number of halogens is 1. The maximum Gasteiger partial charge on any atom is 0.165 e. The molecule has 0 N–H and O–H groups in total. The van der Waals surface area contributed by atoms with Crippen LogP contribution in [0.25, 0.3) is 0 Å². The monoisotopic (exact) mass is 390 g/mol. The van der Waals surface area contributed by atoms with Crippen molar-refractivity contribution in [1.82, 2.24) is 0 Å². The lowest BCUT2D eigenvalue weighted by molar-refractivity contribution is 0.287. The number of benzene rings is 1. The zero-order valence-corrected chi connectivity index (χ0v) is 18.5. The molecule has 0 amide bonds. The van der Waals surface area contributed by atoms with Gasteiger partial charge in [-0.05, 0) is 61.6 Å². The van der Waals surface area contributed by atoms with Gasteiger partial charge < -0.3 is 4.74 Å². The quantitative estimate of drug-likeness (QED) is 0.288. The molecule has 0 radical (unpaired) electrons. The van der Waals surface area contributed by atoms with E-state index in [2.05, 4.69) is 19.9 Å². The van der Waals surface area contributed by atoms with Crippen LogP contribution in [0.5, 0.6) is 5.75 Å². The van der Waals surface area contributed by atoms with Gasteiger partial charge in [0, 0.05) is 0 Å². The van der Waals surface area contributed by atoms with Crippen LogP contribution in [0.2, 0.25) is 0 Å². The van der Waals surface area contributed by atoms with E-state index in [0.29, 0.717) is 18.3 Å². The first-order valence-corrected chi connectivity index (χ1v) is 12.2. The van der Waals surface area contributed by atoms with E-state index in [4.69, 9.17) is 4.74 Å². The minimum Gasteiger partial charge on any atom is -0.491 e. The first kappa shape index (κ1) is 23.2. The molecule has 2 heteroatoms. The molecule has 1 saturated carbocycles. The van der Waals surface area contributed by atoms with E-state index in [1.165, 1.54) is 95.5 Å². The van der Waals surface area contributed by atoms with Gasteiger partial charge in [-0.25, -0.2) is 4.39 Å². The van der Waals surface area contributed by atoms with Crippen LogP contribution in [0.1, 0.15) is 122 Å². The molecule has 1 aliphatic carbocycles. The Morgan fingerprint density at radius 2 is 1.46 bits per heavy atom. The molecular formula is C26H43FO. The molecule has 1 aliphatic rings. The Morgan fingerprint density at radius 1 is 0.821 bits per heavy atom. The van der Waals surface area contributed by atoms with Crippen LogP contribution in [0, 0.1) is 11.7 Å². The smallest absolute Gasteiger partial charge is 0.165 e. The fraction of sp³-hybridized carbons (Fsp3) is 0.769. The van der Waals surface area contributed by atoms with Crippen molar-refractivity contribution in [3.63, 3.8) is 0 Å². The summed E-state index contributed by atoms with van der Waals surface area (Å²) in [6.45, 7) is 5.16. The third-order valence-electron chi connectivity index (χ3n) is 6.50. The van der Waals surface area contributed by atoms with Crippen molar-refractivity contribution in [3.05, 3.63) is 29.6 Å². The van der Waals surface area contributed by atoms with Gasteiger partial charge in [0.15, 0.2) is 11.6 Å². The summed E-state index contributed by atoms with van der Waals surface area (Å²) in [5.41, 5.74) is 1.17. The molecule has 0 aliphatic heterocycles. The molecule has 0 aromatic heterocycles. The largest absolute Gasteiger partial charge is 0.491 e. The fourth-order valence-corrected chi connectivity index (χ4v) is 4.58. The van der Waals surface area contributed by atoms with Crippen LogP contribution in [0.3, 0.4) is 0 Å². The van der Waals surface area contributed by atoms with Gasteiger partial charge >= 0.3 is 0 Å². The molecular weight excluding hydrogens is 347 g/mol. The molecule has 2 rings (SSSR count). The lowest BCUT2D eigenvalue weighted by Crippen LogP contribution is -2.13. The zero-order chi connectivity index (χ0) is 20.0. The molecule has 28 heavy (non-hydrogen) atoms. The molecule has 0 atom stereocenters. The van der Waals surface area contributed by atoms with E-state index in [1.807, 2.05) is 6.07 Å². The van der Waals surface area contributed by atoms with Crippen molar-refractivity contribution in [1.29, 1.82) is 0 Å². The van der Waals surface area contributed by atoms with Crippen LogP contribution in [0.4, 0.5) is 4.39 Å². The predicted molar refractivity (Wildman–Crippen MR) is 119 cm³/mol. The standard InChI is InChI=1S/C26H43FO/c1-3-5-7-8-9-10-11-12-20-28-26-19-18-24(21-25(26)27)23-16-14-22(15-17-23)13-6-4-2/h18-19,21-23H,3-17,20H2,1-2H3. The molecule has 0 spiro atoms. The van der Waals surface area contributed by atoms with Gasteiger partial charge in [0.1, 0.15) is 0 Å². The Morgan fingerprint density at radius 3 is 2.11 bits per heavy atom. The van der Waals surface area contributed by atoms with E-state index in [1.54, 1.807) is 6.07 Å². The van der Waals surface area contributed by atoms with Gasteiger partial charge in [0.2, 0.25) is 0 Å². The molecule has 0 saturated heterocycles. The van der Waals surface area contributed by atoms with Crippen molar-refractivity contribution < 1.29 is 9.13 Å². The van der Waals surface area contributed by atoms with E-state index in [0.717, 1.165) is 12.3 Å². The highest BCUT2D eigenvalue weighted by Gasteiger charge is 2.22. The lowest BCUT2D eigenvalue weighted by atomic mass is 9.77. The molecule has 1 nitrogen and oxygen atoms in total. The molecule has 0 heterocycles. The maximum absolute atomic E-state index is 14.5. The predicted octanol–water partition coefficient (Wildman–Crippen LogP) is 8.81. The van der Waals surface area contributed by atoms with Crippen molar-refractivity contribution in [2.24, 2.45) is 5.92 Å². The topological polar surface area (TPSA) is 9.23 Å². The van der Waals surface area contributed by atoms with Gasteiger partial charge in [-0.1, -0.05) is 84.1 Å². The van der Waals surface area contributed by atoms with Gasteiger partial charge in [0.05, 0.1) is 6.61 Å². The van der Waals surface area contributed by atoms with E-state index < -0.39 is 0 Å². The Hall–Kier alpha value is -1.05. The van der Waals surface area contributed by atoms with E-state index in [9.17, 15) is 4.39 Å². The molecule has 1 fully saturated rings. The summed E-state index contributed by atoms with van der Waals surface area (Å²) in [6, 6.07) is 5.70. The Balaban J connectivity index is 1.64. The summed E-state index contributed by atoms with van der Waals surface area (Å²) >= 11 is 0. The third-order valence-corrected chi connectivity index (χ3v) is 6.50. The number of hydrogen-bond donors (Lipinski definition) is 0. The Kier molecular flexibility index (Phi) is 11.6. The minimum atomic E-state index is -0.176. The maximum atomic E-state index is 14.5. The number of rotatable bonds is 14. The average molecular weight is 391 g/mol. The van der Waals surface area contributed by atoms with E-state index >= 15 is 0 Å². The SMILES string of the molecule is CCCCCCCCCCOc1ccc(C2CCC(CCCC)CC2)cc1F. The molecule has 0 unspecified atom stereocenters. The van der Waals surface area contributed by atoms with Crippen molar-refractivity contribution in [2.75, 3.05) is 6.61 Å². The summed E-state index contributed by atoms with van der Waals surface area (Å²) in [5.74, 6) is 1.69. The molecule has 0 bridgehead atoms. The van der Waals surface area contributed by atoms with Crippen molar-refractivity contribution in [2.45, 2.75) is 116 Å². The first-order valence-electron chi connectivity index (χ1n) is 12.2. The highest BCUT2D eigenvalue weighted by molar-refractivity contribution is 5.31. The Labute approximate surface area is 173 Å². The van der Waals surface area contributed by atoms with Crippen LogP contribution in [-0.4, -0.2) is 6.61 Å². The highest BCUT2D eigenvalue weighted by Crippen LogP contribution is 2.38. The first-order chi connectivity index (χ1) is 13.7. The zero-order valence-electron chi connectivity index (χ0n) is 18.5. The normalized spacial score (nSPS) is 19.7. The second-order valence-corrected chi connectivity index (χ2v) is 8.87. The average Bonchev–Trinajstić information content (AvgIpc) is 2.72. The van der Waals surface area contributed by atoms with E-state index in [-0.39, 0.29) is 5.82 Å². The van der Waals surface area contributed by atoms with Crippen LogP contribution < -0.4 is 4.74 Å². The van der Waals surface area contributed by atoms with Gasteiger partial charge in [-0.15, -0.1) is 0 Å². The van der Waals surface area contributed by atoms with Crippen molar-refractivity contribution >= 4 is 0 Å². The summed E-state index contributed by atoms with van der Waals surface area (Å²) < 4.78 is 20.2.